The molecule has 3 aromatic rings. The standard InChI is InChI=1S/C23H27N5O2S/c1-5-28-20(13-21(29)24-19-10-9-16(3)17(4)12-19)26-27-23(28)31-14-22(30)25-18-8-6-7-15(2)11-18/h6-12H,5,13-14H2,1-4H3,(H,24,29)(H,25,30). The van der Waals surface area contributed by atoms with E-state index in [9.17, 15) is 9.59 Å². The van der Waals surface area contributed by atoms with Crippen LogP contribution >= 0.6 is 11.8 Å². The molecule has 0 spiro atoms. The summed E-state index contributed by atoms with van der Waals surface area (Å²) in [5, 5.41) is 14.8. The summed E-state index contributed by atoms with van der Waals surface area (Å²) in [4.78, 5) is 24.8. The number of hydrogen-bond donors (Lipinski definition) is 2. The van der Waals surface area contributed by atoms with Crippen LogP contribution in [0.15, 0.2) is 47.6 Å². The summed E-state index contributed by atoms with van der Waals surface area (Å²) < 4.78 is 1.87. The Morgan fingerprint density at radius 1 is 0.935 bits per heavy atom. The Balaban J connectivity index is 1.58. The Kier molecular flexibility index (Phi) is 7.46. The lowest BCUT2D eigenvalue weighted by Gasteiger charge is -2.09. The molecule has 3 rings (SSSR count). The molecule has 0 aliphatic carbocycles. The van der Waals surface area contributed by atoms with Gasteiger partial charge in [0.2, 0.25) is 11.8 Å². The smallest absolute Gasteiger partial charge is 0.234 e. The fraction of sp³-hybridized carbons (Fsp3) is 0.304. The molecule has 0 saturated carbocycles. The van der Waals surface area contributed by atoms with E-state index in [4.69, 9.17) is 0 Å². The van der Waals surface area contributed by atoms with Crippen LogP contribution in [0.3, 0.4) is 0 Å². The molecule has 0 bridgehead atoms. The maximum atomic E-state index is 12.5. The van der Waals surface area contributed by atoms with E-state index in [1.54, 1.807) is 0 Å². The highest BCUT2D eigenvalue weighted by molar-refractivity contribution is 7.99. The molecular weight excluding hydrogens is 410 g/mol. The van der Waals surface area contributed by atoms with Gasteiger partial charge in [0.15, 0.2) is 5.16 Å². The Morgan fingerprint density at radius 2 is 1.68 bits per heavy atom. The van der Waals surface area contributed by atoms with E-state index in [1.165, 1.54) is 17.3 Å². The first-order valence-electron chi connectivity index (χ1n) is 10.1. The third-order valence-electron chi connectivity index (χ3n) is 4.85. The zero-order chi connectivity index (χ0) is 22.4. The first-order chi connectivity index (χ1) is 14.9. The molecule has 2 amide bonds. The normalized spacial score (nSPS) is 10.7. The van der Waals surface area contributed by atoms with Crippen LogP contribution in [-0.2, 0) is 22.6 Å². The second kappa shape index (κ2) is 10.3. The molecule has 1 aromatic heterocycles. The van der Waals surface area contributed by atoms with E-state index < -0.39 is 0 Å². The van der Waals surface area contributed by atoms with Gasteiger partial charge in [0, 0.05) is 17.9 Å². The second-order valence-electron chi connectivity index (χ2n) is 7.37. The molecule has 2 aromatic carbocycles. The van der Waals surface area contributed by atoms with Gasteiger partial charge in [0.05, 0.1) is 12.2 Å². The van der Waals surface area contributed by atoms with Gasteiger partial charge in [-0.3, -0.25) is 9.59 Å². The Hall–Kier alpha value is -3.13. The fourth-order valence-corrected chi connectivity index (χ4v) is 3.91. The molecule has 1 heterocycles. The first-order valence-corrected chi connectivity index (χ1v) is 11.1. The molecular formula is C23H27N5O2S. The van der Waals surface area contributed by atoms with Crippen molar-refractivity contribution < 1.29 is 9.59 Å². The number of carbonyl (C=O) groups excluding carboxylic acids is 2. The van der Waals surface area contributed by atoms with Crippen LogP contribution in [0.25, 0.3) is 0 Å². The zero-order valence-corrected chi connectivity index (χ0v) is 19.0. The Bertz CT molecular complexity index is 1090. The molecule has 162 valence electrons. The molecule has 0 aliphatic heterocycles. The highest BCUT2D eigenvalue weighted by Crippen LogP contribution is 2.19. The Morgan fingerprint density at radius 3 is 2.39 bits per heavy atom. The number of benzene rings is 2. The lowest BCUT2D eigenvalue weighted by atomic mass is 10.1. The van der Waals surface area contributed by atoms with Crippen molar-refractivity contribution in [3.05, 3.63) is 65.0 Å². The lowest BCUT2D eigenvalue weighted by Crippen LogP contribution is -2.18. The van der Waals surface area contributed by atoms with Crippen molar-refractivity contribution in [1.29, 1.82) is 0 Å². The molecule has 0 aliphatic rings. The minimum absolute atomic E-state index is 0.115. The fourth-order valence-electron chi connectivity index (χ4n) is 3.09. The van der Waals surface area contributed by atoms with Crippen LogP contribution < -0.4 is 10.6 Å². The van der Waals surface area contributed by atoms with Gasteiger partial charge in [-0.15, -0.1) is 10.2 Å². The van der Waals surface area contributed by atoms with Gasteiger partial charge in [-0.05, 0) is 68.7 Å². The van der Waals surface area contributed by atoms with Gasteiger partial charge in [0.1, 0.15) is 5.82 Å². The number of amides is 2. The van der Waals surface area contributed by atoms with Crippen LogP contribution in [0.1, 0.15) is 29.4 Å². The maximum Gasteiger partial charge on any atom is 0.234 e. The monoisotopic (exact) mass is 437 g/mol. The maximum absolute atomic E-state index is 12.5. The number of nitrogens with zero attached hydrogens (tertiary/aromatic N) is 3. The summed E-state index contributed by atoms with van der Waals surface area (Å²) in [7, 11) is 0. The largest absolute Gasteiger partial charge is 0.326 e. The molecule has 0 unspecified atom stereocenters. The van der Waals surface area contributed by atoms with Crippen molar-refractivity contribution in [2.24, 2.45) is 0 Å². The van der Waals surface area contributed by atoms with Gasteiger partial charge in [-0.2, -0.15) is 0 Å². The number of aryl methyl sites for hydroxylation is 3. The quantitative estimate of drug-likeness (QED) is 0.517. The topological polar surface area (TPSA) is 88.9 Å². The molecule has 0 radical (unpaired) electrons. The number of hydrogen-bond acceptors (Lipinski definition) is 5. The Labute approximate surface area is 186 Å². The van der Waals surface area contributed by atoms with E-state index in [2.05, 4.69) is 20.8 Å². The van der Waals surface area contributed by atoms with E-state index in [0.29, 0.717) is 17.5 Å². The van der Waals surface area contributed by atoms with Gasteiger partial charge < -0.3 is 15.2 Å². The first kappa shape index (κ1) is 22.6. The molecule has 8 heteroatoms. The van der Waals surface area contributed by atoms with Crippen molar-refractivity contribution >= 4 is 35.0 Å². The average Bonchev–Trinajstić information content (AvgIpc) is 3.10. The minimum atomic E-state index is -0.154. The molecule has 2 N–H and O–H groups in total. The average molecular weight is 438 g/mol. The third-order valence-corrected chi connectivity index (χ3v) is 5.82. The predicted molar refractivity (Wildman–Crippen MR) is 124 cm³/mol. The van der Waals surface area contributed by atoms with Crippen molar-refractivity contribution in [3.8, 4) is 0 Å². The molecule has 0 saturated heterocycles. The number of nitrogens with one attached hydrogen (secondary N) is 2. The molecule has 7 nitrogen and oxygen atoms in total. The number of aromatic nitrogens is 3. The SMILES string of the molecule is CCn1c(CC(=O)Nc2ccc(C)c(C)c2)nnc1SCC(=O)Nc1cccc(C)c1. The number of carbonyl (C=O) groups is 2. The highest BCUT2D eigenvalue weighted by Gasteiger charge is 2.16. The number of rotatable bonds is 8. The zero-order valence-electron chi connectivity index (χ0n) is 18.2. The van der Waals surface area contributed by atoms with Gasteiger partial charge in [-0.25, -0.2) is 0 Å². The summed E-state index contributed by atoms with van der Waals surface area (Å²) in [6, 6.07) is 13.5. The van der Waals surface area contributed by atoms with Crippen molar-refractivity contribution in [2.45, 2.75) is 45.8 Å². The number of anilines is 2. The predicted octanol–water partition coefficient (Wildman–Crippen LogP) is 4.14. The summed E-state index contributed by atoms with van der Waals surface area (Å²) in [5.41, 5.74) is 4.92. The highest BCUT2D eigenvalue weighted by atomic mass is 32.2. The van der Waals surface area contributed by atoms with Crippen LogP contribution in [-0.4, -0.2) is 32.3 Å². The van der Waals surface area contributed by atoms with Crippen LogP contribution in [0.4, 0.5) is 11.4 Å². The summed E-state index contributed by atoms with van der Waals surface area (Å²) in [6.45, 7) is 8.60. The molecule has 0 atom stereocenters. The van der Waals surface area contributed by atoms with Crippen molar-refractivity contribution in [3.63, 3.8) is 0 Å². The van der Waals surface area contributed by atoms with E-state index in [0.717, 1.165) is 22.5 Å². The van der Waals surface area contributed by atoms with Gasteiger partial charge >= 0.3 is 0 Å². The van der Waals surface area contributed by atoms with E-state index in [1.807, 2.05) is 74.7 Å². The van der Waals surface area contributed by atoms with Gasteiger partial charge in [0.25, 0.3) is 0 Å². The summed E-state index contributed by atoms with van der Waals surface area (Å²) in [6.07, 6.45) is 0.115. The molecule has 0 fully saturated rings. The van der Waals surface area contributed by atoms with Gasteiger partial charge in [-0.1, -0.05) is 30.0 Å². The van der Waals surface area contributed by atoms with Crippen LogP contribution in [0.2, 0.25) is 0 Å². The van der Waals surface area contributed by atoms with E-state index in [-0.39, 0.29) is 24.0 Å². The third kappa shape index (κ3) is 6.18. The summed E-state index contributed by atoms with van der Waals surface area (Å²) >= 11 is 1.30. The summed E-state index contributed by atoms with van der Waals surface area (Å²) in [5.74, 6) is 0.515. The molecule has 31 heavy (non-hydrogen) atoms. The van der Waals surface area contributed by atoms with Crippen molar-refractivity contribution in [1.82, 2.24) is 14.8 Å². The van der Waals surface area contributed by atoms with E-state index >= 15 is 0 Å². The number of thioether (sulfide) groups is 1. The second-order valence-corrected chi connectivity index (χ2v) is 8.32. The lowest BCUT2D eigenvalue weighted by molar-refractivity contribution is -0.116. The van der Waals surface area contributed by atoms with Crippen LogP contribution in [0, 0.1) is 20.8 Å². The minimum Gasteiger partial charge on any atom is -0.326 e. The van der Waals surface area contributed by atoms with Crippen molar-refractivity contribution in [2.75, 3.05) is 16.4 Å². The van der Waals surface area contributed by atoms with Crippen LogP contribution in [0.5, 0.6) is 0 Å².